The molecule has 1 amide bonds. The Morgan fingerprint density at radius 1 is 1.41 bits per heavy atom. The van der Waals surface area contributed by atoms with E-state index in [2.05, 4.69) is 27.7 Å². The summed E-state index contributed by atoms with van der Waals surface area (Å²) >= 11 is 0. The van der Waals surface area contributed by atoms with Gasteiger partial charge in [0.1, 0.15) is 0 Å². The maximum absolute atomic E-state index is 11.3. The van der Waals surface area contributed by atoms with Crippen LogP contribution in [0.2, 0.25) is 0 Å². The van der Waals surface area contributed by atoms with E-state index in [4.69, 9.17) is 0 Å². The summed E-state index contributed by atoms with van der Waals surface area (Å²) in [7, 11) is 1.67. The summed E-state index contributed by atoms with van der Waals surface area (Å²) in [6.45, 7) is 4.12. The van der Waals surface area contributed by atoms with Gasteiger partial charge in [0.2, 0.25) is 5.91 Å². The Bertz CT molecular complexity index is 386. The molecule has 0 atom stereocenters. The molecule has 0 aromatic heterocycles. The van der Waals surface area contributed by atoms with E-state index >= 15 is 0 Å². The zero-order valence-corrected chi connectivity index (χ0v) is 10.2. The van der Waals surface area contributed by atoms with Crippen LogP contribution in [0.15, 0.2) is 24.3 Å². The summed E-state index contributed by atoms with van der Waals surface area (Å²) in [5, 5.41) is 5.98. The van der Waals surface area contributed by atoms with Gasteiger partial charge in [0.15, 0.2) is 0 Å². The van der Waals surface area contributed by atoms with Gasteiger partial charge in [0.05, 0.1) is 6.42 Å². The Labute approximate surface area is 102 Å². The minimum Gasteiger partial charge on any atom is -0.369 e. The Morgan fingerprint density at radius 3 is 2.88 bits per heavy atom. The molecule has 92 valence electrons. The fourth-order valence-corrected chi connectivity index (χ4v) is 2.06. The van der Waals surface area contributed by atoms with Crippen molar-refractivity contribution >= 4 is 11.6 Å². The molecule has 17 heavy (non-hydrogen) atoms. The maximum atomic E-state index is 11.3. The van der Waals surface area contributed by atoms with Gasteiger partial charge in [-0.05, 0) is 17.7 Å². The number of carbonyl (C=O) groups excluding carboxylic acids is 1. The van der Waals surface area contributed by atoms with Crippen LogP contribution in [-0.4, -0.2) is 39.1 Å². The highest BCUT2D eigenvalue weighted by Crippen LogP contribution is 2.17. The molecule has 0 unspecified atom stereocenters. The Kier molecular flexibility index (Phi) is 3.98. The third-order valence-electron chi connectivity index (χ3n) is 3.04. The number of rotatable bonds is 3. The molecule has 4 nitrogen and oxygen atoms in total. The highest BCUT2D eigenvalue weighted by molar-refractivity contribution is 5.78. The molecule has 0 saturated carbocycles. The molecule has 1 saturated heterocycles. The van der Waals surface area contributed by atoms with Crippen molar-refractivity contribution in [2.45, 2.75) is 6.42 Å². The average molecular weight is 233 g/mol. The highest BCUT2D eigenvalue weighted by atomic mass is 16.1. The van der Waals surface area contributed by atoms with Crippen LogP contribution in [0.1, 0.15) is 5.56 Å². The third kappa shape index (κ3) is 3.20. The smallest absolute Gasteiger partial charge is 0.224 e. The van der Waals surface area contributed by atoms with Gasteiger partial charge in [0.25, 0.3) is 0 Å². The first-order chi connectivity index (χ1) is 8.29. The number of anilines is 1. The Hall–Kier alpha value is -1.55. The van der Waals surface area contributed by atoms with Gasteiger partial charge in [-0.2, -0.15) is 0 Å². The van der Waals surface area contributed by atoms with Crippen LogP contribution in [0.25, 0.3) is 0 Å². The van der Waals surface area contributed by atoms with E-state index in [1.807, 2.05) is 12.1 Å². The van der Waals surface area contributed by atoms with Crippen molar-refractivity contribution in [3.8, 4) is 0 Å². The number of hydrogen-bond acceptors (Lipinski definition) is 3. The molecule has 1 aromatic carbocycles. The number of nitrogens with one attached hydrogen (secondary N) is 2. The average Bonchev–Trinajstić information content (AvgIpc) is 2.40. The van der Waals surface area contributed by atoms with E-state index in [0.717, 1.165) is 31.7 Å². The fraction of sp³-hybridized carbons (Fsp3) is 0.462. The number of piperazine rings is 1. The van der Waals surface area contributed by atoms with E-state index in [1.54, 1.807) is 7.05 Å². The highest BCUT2D eigenvalue weighted by Gasteiger charge is 2.11. The summed E-state index contributed by atoms with van der Waals surface area (Å²) in [6, 6.07) is 8.25. The lowest BCUT2D eigenvalue weighted by Crippen LogP contribution is -2.43. The van der Waals surface area contributed by atoms with Crippen LogP contribution in [0.5, 0.6) is 0 Å². The van der Waals surface area contributed by atoms with Crippen LogP contribution >= 0.6 is 0 Å². The van der Waals surface area contributed by atoms with E-state index in [-0.39, 0.29) is 5.91 Å². The van der Waals surface area contributed by atoms with Gasteiger partial charge in [-0.1, -0.05) is 12.1 Å². The molecular weight excluding hydrogens is 214 g/mol. The van der Waals surface area contributed by atoms with E-state index in [0.29, 0.717) is 6.42 Å². The van der Waals surface area contributed by atoms with E-state index in [1.165, 1.54) is 5.69 Å². The van der Waals surface area contributed by atoms with E-state index in [9.17, 15) is 4.79 Å². The lowest BCUT2D eigenvalue weighted by Gasteiger charge is -2.29. The summed E-state index contributed by atoms with van der Waals surface area (Å²) in [6.07, 6.45) is 0.455. The molecule has 0 bridgehead atoms. The van der Waals surface area contributed by atoms with Crippen molar-refractivity contribution in [3.63, 3.8) is 0 Å². The molecule has 2 N–H and O–H groups in total. The quantitative estimate of drug-likeness (QED) is 0.793. The lowest BCUT2D eigenvalue weighted by atomic mass is 10.1. The lowest BCUT2D eigenvalue weighted by molar-refractivity contribution is -0.119. The van der Waals surface area contributed by atoms with Crippen LogP contribution in [-0.2, 0) is 11.2 Å². The van der Waals surface area contributed by atoms with Crippen molar-refractivity contribution in [3.05, 3.63) is 29.8 Å². The largest absolute Gasteiger partial charge is 0.369 e. The molecule has 0 aliphatic carbocycles. The topological polar surface area (TPSA) is 44.4 Å². The minimum absolute atomic E-state index is 0.0578. The number of amides is 1. The first kappa shape index (κ1) is 11.9. The number of benzene rings is 1. The summed E-state index contributed by atoms with van der Waals surface area (Å²) in [5.41, 5.74) is 2.29. The molecule has 4 heteroatoms. The van der Waals surface area contributed by atoms with Crippen LogP contribution in [0.3, 0.4) is 0 Å². The van der Waals surface area contributed by atoms with Crippen molar-refractivity contribution in [2.75, 3.05) is 38.1 Å². The van der Waals surface area contributed by atoms with Crippen LogP contribution in [0, 0.1) is 0 Å². The number of hydrogen-bond donors (Lipinski definition) is 2. The zero-order chi connectivity index (χ0) is 12.1. The minimum atomic E-state index is 0.0578. The first-order valence-electron chi connectivity index (χ1n) is 6.05. The van der Waals surface area contributed by atoms with Crippen molar-refractivity contribution in [1.82, 2.24) is 10.6 Å². The number of nitrogens with zero attached hydrogens (tertiary/aromatic N) is 1. The van der Waals surface area contributed by atoms with Crippen molar-refractivity contribution < 1.29 is 4.79 Å². The van der Waals surface area contributed by atoms with Crippen molar-refractivity contribution in [1.29, 1.82) is 0 Å². The second-order valence-electron chi connectivity index (χ2n) is 4.26. The summed E-state index contributed by atoms with van der Waals surface area (Å²) < 4.78 is 0. The number of carbonyl (C=O) groups is 1. The Balaban J connectivity index is 2.07. The van der Waals surface area contributed by atoms with Crippen LogP contribution < -0.4 is 15.5 Å². The first-order valence-corrected chi connectivity index (χ1v) is 6.05. The Morgan fingerprint density at radius 2 is 2.18 bits per heavy atom. The van der Waals surface area contributed by atoms with Gasteiger partial charge in [-0.15, -0.1) is 0 Å². The molecule has 1 aliphatic rings. The van der Waals surface area contributed by atoms with Gasteiger partial charge in [-0.25, -0.2) is 0 Å². The zero-order valence-electron chi connectivity index (χ0n) is 10.2. The normalized spacial score (nSPS) is 15.7. The SMILES string of the molecule is CNC(=O)Cc1cccc(N2CCNCC2)c1. The summed E-state index contributed by atoms with van der Waals surface area (Å²) in [5.74, 6) is 0.0578. The second-order valence-corrected chi connectivity index (χ2v) is 4.26. The van der Waals surface area contributed by atoms with Crippen molar-refractivity contribution in [2.24, 2.45) is 0 Å². The monoisotopic (exact) mass is 233 g/mol. The molecule has 1 aromatic rings. The molecule has 1 heterocycles. The molecule has 1 aliphatic heterocycles. The van der Waals surface area contributed by atoms with Gasteiger partial charge in [0, 0.05) is 38.9 Å². The molecular formula is C13H19N3O. The number of likely N-dealkylation sites (N-methyl/N-ethyl adjacent to an activating group) is 1. The molecule has 1 fully saturated rings. The van der Waals surface area contributed by atoms with Gasteiger partial charge < -0.3 is 15.5 Å². The standard InChI is InChI=1S/C13H19N3O/c1-14-13(17)10-11-3-2-4-12(9-11)16-7-5-15-6-8-16/h2-4,9,15H,5-8,10H2,1H3,(H,14,17). The maximum Gasteiger partial charge on any atom is 0.224 e. The second kappa shape index (κ2) is 5.68. The fourth-order valence-electron chi connectivity index (χ4n) is 2.06. The molecule has 2 rings (SSSR count). The summed E-state index contributed by atoms with van der Waals surface area (Å²) in [4.78, 5) is 13.7. The van der Waals surface area contributed by atoms with E-state index < -0.39 is 0 Å². The predicted molar refractivity (Wildman–Crippen MR) is 69.3 cm³/mol. The van der Waals surface area contributed by atoms with Gasteiger partial charge in [-0.3, -0.25) is 4.79 Å². The molecule has 0 spiro atoms. The van der Waals surface area contributed by atoms with Crippen LogP contribution in [0.4, 0.5) is 5.69 Å². The predicted octanol–water partition coefficient (Wildman–Crippen LogP) is 0.385. The third-order valence-corrected chi connectivity index (χ3v) is 3.04. The molecule has 0 radical (unpaired) electrons. The van der Waals surface area contributed by atoms with Gasteiger partial charge >= 0.3 is 0 Å².